The third-order valence-electron chi connectivity index (χ3n) is 2.32. The molecule has 0 aliphatic rings. The van der Waals surface area contributed by atoms with Gasteiger partial charge in [-0.3, -0.25) is 0 Å². The molecule has 1 heteroatoms. The van der Waals surface area contributed by atoms with Crippen LogP contribution < -0.4 is 0 Å². The van der Waals surface area contributed by atoms with Gasteiger partial charge in [0.1, 0.15) is 5.82 Å². The largest absolute Gasteiger partial charge is 0.207 e. The predicted octanol–water partition coefficient (Wildman–Crippen LogP) is 3.53. The van der Waals surface area contributed by atoms with E-state index in [1.54, 1.807) is 0 Å². The highest BCUT2D eigenvalue weighted by molar-refractivity contribution is 5.28. The first kappa shape index (κ1) is 9.91. The van der Waals surface area contributed by atoms with Gasteiger partial charge in [-0.2, -0.15) is 0 Å². The van der Waals surface area contributed by atoms with Crippen LogP contribution in [0.2, 0.25) is 0 Å². The van der Waals surface area contributed by atoms with Crippen LogP contribution in [-0.2, 0) is 6.42 Å². The average molecular weight is 199 g/mol. The molecule has 0 saturated heterocycles. The van der Waals surface area contributed by atoms with E-state index in [1.807, 2.05) is 24.3 Å². The Hall–Kier alpha value is -1.63. The van der Waals surface area contributed by atoms with Crippen molar-refractivity contribution in [3.8, 4) is 0 Å². The minimum atomic E-state index is -0.188. The standard InChI is InChI=1S/C14H12F/c1-11-3-2-4-13(9-11)10-12-5-7-14(15)8-6-12/h2-3,5-9H,10H2,1H3. The van der Waals surface area contributed by atoms with Crippen LogP contribution in [0, 0.1) is 18.8 Å². The van der Waals surface area contributed by atoms with Crippen LogP contribution in [0.5, 0.6) is 0 Å². The summed E-state index contributed by atoms with van der Waals surface area (Å²) in [5.74, 6) is -0.188. The molecule has 0 saturated carbocycles. The first-order chi connectivity index (χ1) is 7.24. The second-order valence-electron chi connectivity index (χ2n) is 3.69. The summed E-state index contributed by atoms with van der Waals surface area (Å²) in [6.07, 6.45) is 0.808. The quantitative estimate of drug-likeness (QED) is 0.694. The van der Waals surface area contributed by atoms with Crippen molar-refractivity contribution in [3.63, 3.8) is 0 Å². The summed E-state index contributed by atoms with van der Waals surface area (Å²) >= 11 is 0. The van der Waals surface area contributed by atoms with Gasteiger partial charge in [-0.15, -0.1) is 0 Å². The lowest BCUT2D eigenvalue weighted by molar-refractivity contribution is 0.627. The number of aryl methyl sites for hydroxylation is 1. The van der Waals surface area contributed by atoms with E-state index in [1.165, 1.54) is 17.7 Å². The molecule has 0 amide bonds. The Labute approximate surface area is 89.4 Å². The van der Waals surface area contributed by atoms with E-state index in [-0.39, 0.29) is 5.82 Å². The molecule has 0 fully saturated rings. The first-order valence-corrected chi connectivity index (χ1v) is 4.96. The molecule has 0 aliphatic heterocycles. The Balaban J connectivity index is 2.18. The molecule has 0 aliphatic carbocycles. The third kappa shape index (κ3) is 2.66. The Bertz CT molecular complexity index is 443. The summed E-state index contributed by atoms with van der Waals surface area (Å²) in [5, 5.41) is 0. The van der Waals surface area contributed by atoms with Gasteiger partial charge in [0.25, 0.3) is 0 Å². The number of hydrogen-bond acceptors (Lipinski definition) is 0. The van der Waals surface area contributed by atoms with Crippen molar-refractivity contribution in [1.82, 2.24) is 0 Å². The van der Waals surface area contributed by atoms with Crippen LogP contribution in [0.4, 0.5) is 4.39 Å². The molecule has 0 atom stereocenters. The summed E-state index contributed by atoms with van der Waals surface area (Å²) in [4.78, 5) is 0. The lowest BCUT2D eigenvalue weighted by atomic mass is 10.0. The number of halogens is 1. The first-order valence-electron chi connectivity index (χ1n) is 4.96. The van der Waals surface area contributed by atoms with Crippen LogP contribution in [0.25, 0.3) is 0 Å². The third-order valence-corrected chi connectivity index (χ3v) is 2.32. The number of rotatable bonds is 2. The maximum atomic E-state index is 12.7. The molecule has 15 heavy (non-hydrogen) atoms. The molecule has 0 N–H and O–H groups in total. The zero-order valence-electron chi connectivity index (χ0n) is 8.63. The Kier molecular flexibility index (Phi) is 2.82. The second kappa shape index (κ2) is 4.26. The van der Waals surface area contributed by atoms with Crippen LogP contribution in [0.15, 0.2) is 42.5 Å². The van der Waals surface area contributed by atoms with Gasteiger partial charge in [-0.05, 0) is 42.7 Å². The molecule has 1 radical (unpaired) electrons. The van der Waals surface area contributed by atoms with E-state index in [0.29, 0.717) is 0 Å². The van der Waals surface area contributed by atoms with Crippen molar-refractivity contribution in [2.24, 2.45) is 0 Å². The normalized spacial score (nSPS) is 10.3. The predicted molar refractivity (Wildman–Crippen MR) is 59.2 cm³/mol. The van der Waals surface area contributed by atoms with Gasteiger partial charge in [0.2, 0.25) is 0 Å². The summed E-state index contributed by atoms with van der Waals surface area (Å²) in [6, 6.07) is 15.8. The molecule has 2 aromatic carbocycles. The van der Waals surface area contributed by atoms with Crippen molar-refractivity contribution in [1.29, 1.82) is 0 Å². The van der Waals surface area contributed by atoms with Crippen LogP contribution in [0.3, 0.4) is 0 Å². The second-order valence-corrected chi connectivity index (χ2v) is 3.69. The van der Waals surface area contributed by atoms with Crippen LogP contribution in [0.1, 0.15) is 16.7 Å². The van der Waals surface area contributed by atoms with Gasteiger partial charge in [0.05, 0.1) is 0 Å². The van der Waals surface area contributed by atoms with Crippen molar-refractivity contribution in [2.45, 2.75) is 13.3 Å². The lowest BCUT2D eigenvalue weighted by Gasteiger charge is -2.02. The molecular weight excluding hydrogens is 187 g/mol. The van der Waals surface area contributed by atoms with E-state index in [0.717, 1.165) is 17.5 Å². The van der Waals surface area contributed by atoms with Gasteiger partial charge in [-0.25, -0.2) is 4.39 Å². The van der Waals surface area contributed by atoms with E-state index >= 15 is 0 Å². The lowest BCUT2D eigenvalue weighted by Crippen LogP contribution is -1.89. The highest BCUT2D eigenvalue weighted by Gasteiger charge is 1.97. The van der Waals surface area contributed by atoms with E-state index < -0.39 is 0 Å². The highest BCUT2D eigenvalue weighted by atomic mass is 19.1. The van der Waals surface area contributed by atoms with Crippen LogP contribution in [-0.4, -0.2) is 0 Å². The topological polar surface area (TPSA) is 0 Å². The summed E-state index contributed by atoms with van der Waals surface area (Å²) in [7, 11) is 0. The van der Waals surface area contributed by atoms with Crippen molar-refractivity contribution in [3.05, 3.63) is 71.0 Å². The summed E-state index contributed by atoms with van der Waals surface area (Å²) < 4.78 is 12.7. The molecule has 0 bridgehead atoms. The smallest absolute Gasteiger partial charge is 0.123 e. The van der Waals surface area contributed by atoms with E-state index in [9.17, 15) is 4.39 Å². The maximum Gasteiger partial charge on any atom is 0.123 e. The molecule has 2 aromatic rings. The molecular formula is C14H12F. The van der Waals surface area contributed by atoms with E-state index in [2.05, 4.69) is 19.1 Å². The molecule has 0 nitrogen and oxygen atoms in total. The molecule has 0 heterocycles. The van der Waals surface area contributed by atoms with E-state index in [4.69, 9.17) is 0 Å². The summed E-state index contributed by atoms with van der Waals surface area (Å²) in [6.45, 7) is 2.06. The van der Waals surface area contributed by atoms with Crippen molar-refractivity contribution >= 4 is 0 Å². The molecule has 2 rings (SSSR count). The maximum absolute atomic E-state index is 12.7. The average Bonchev–Trinajstić information content (AvgIpc) is 2.22. The number of benzene rings is 2. The zero-order chi connectivity index (χ0) is 10.7. The van der Waals surface area contributed by atoms with Gasteiger partial charge < -0.3 is 0 Å². The minimum absolute atomic E-state index is 0.188. The monoisotopic (exact) mass is 199 g/mol. The Morgan fingerprint density at radius 1 is 1.13 bits per heavy atom. The Morgan fingerprint density at radius 3 is 2.53 bits per heavy atom. The summed E-state index contributed by atoms with van der Waals surface area (Å²) in [5.41, 5.74) is 3.48. The van der Waals surface area contributed by atoms with Crippen molar-refractivity contribution in [2.75, 3.05) is 0 Å². The van der Waals surface area contributed by atoms with Crippen LogP contribution >= 0.6 is 0 Å². The fourth-order valence-electron chi connectivity index (χ4n) is 1.57. The zero-order valence-corrected chi connectivity index (χ0v) is 8.63. The minimum Gasteiger partial charge on any atom is -0.207 e. The fraction of sp³-hybridized carbons (Fsp3) is 0.143. The van der Waals surface area contributed by atoms with Crippen molar-refractivity contribution < 1.29 is 4.39 Å². The molecule has 75 valence electrons. The van der Waals surface area contributed by atoms with Gasteiger partial charge >= 0.3 is 0 Å². The number of hydrogen-bond donors (Lipinski definition) is 0. The SMILES string of the molecule is Cc1cc[c]c(Cc2ccc(F)cc2)c1. The highest BCUT2D eigenvalue weighted by Crippen LogP contribution is 2.11. The van der Waals surface area contributed by atoms with Gasteiger partial charge in [0.15, 0.2) is 0 Å². The van der Waals surface area contributed by atoms with Gasteiger partial charge in [0, 0.05) is 0 Å². The fourth-order valence-corrected chi connectivity index (χ4v) is 1.57. The molecule has 0 aromatic heterocycles. The van der Waals surface area contributed by atoms with Gasteiger partial charge in [-0.1, -0.05) is 35.9 Å². The Morgan fingerprint density at radius 2 is 1.87 bits per heavy atom. The molecule has 0 unspecified atom stereocenters. The molecule has 0 spiro atoms.